The first kappa shape index (κ1) is 60.2. The summed E-state index contributed by atoms with van der Waals surface area (Å²) in [5, 5.41) is 11.8. The maximum Gasteiger partial charge on any atom is 0.321 e. The van der Waals surface area contributed by atoms with Gasteiger partial charge < -0.3 is 79.4 Å². The van der Waals surface area contributed by atoms with Gasteiger partial charge in [0.15, 0.2) is 0 Å². The number of para-hydroxylation sites is 1. The number of hydrogen-bond acceptors (Lipinski definition) is 16. The molecule has 0 bridgehead atoms. The SMILES string of the molecule is CC.CN1Cc2ccccc2/C(N(N)CCOCCOCCOCCOCCOCCN)=C(/N)c2ccccc21.CNCCCCCCOP(O)(O)=S.CO.O=CCCC=O. The van der Waals surface area contributed by atoms with Gasteiger partial charge in [-0.2, -0.15) is 0 Å². The zero-order valence-electron chi connectivity index (χ0n) is 37.2. The first-order chi connectivity index (χ1) is 29.6. The smallest absolute Gasteiger partial charge is 0.321 e. The Kier molecular flexibility index (Phi) is 41.8. The van der Waals surface area contributed by atoms with Crippen molar-refractivity contribution in [2.45, 2.75) is 58.9 Å². The van der Waals surface area contributed by atoms with Gasteiger partial charge in [-0.15, -0.1) is 0 Å². The number of carbonyl (C=O) groups is 2. The number of benzene rings is 2. The second-order valence-corrected chi connectivity index (χ2v) is 15.3. The molecule has 0 saturated heterocycles. The molecule has 17 nitrogen and oxygen atoms in total. The molecule has 0 aliphatic carbocycles. The number of nitrogens with two attached hydrogens (primary N) is 3. The lowest BCUT2D eigenvalue weighted by Crippen LogP contribution is -2.36. The number of nitrogens with one attached hydrogen (secondary N) is 1. The summed E-state index contributed by atoms with van der Waals surface area (Å²) < 4.78 is 32.1. The molecule has 1 aliphatic rings. The summed E-state index contributed by atoms with van der Waals surface area (Å²) in [5.41, 5.74) is 17.8. The number of aldehydes is 2. The van der Waals surface area contributed by atoms with Gasteiger partial charge in [0.2, 0.25) is 0 Å². The van der Waals surface area contributed by atoms with Gasteiger partial charge in [-0.1, -0.05) is 69.2 Å². The van der Waals surface area contributed by atoms with E-state index in [1.165, 1.54) is 0 Å². The van der Waals surface area contributed by atoms with Gasteiger partial charge >= 0.3 is 6.72 Å². The van der Waals surface area contributed by atoms with Crippen LogP contribution in [0.15, 0.2) is 48.5 Å². The third-order valence-corrected chi connectivity index (χ3v) is 8.87. The van der Waals surface area contributed by atoms with E-state index in [1.807, 2.05) is 51.2 Å². The molecule has 0 fully saturated rings. The van der Waals surface area contributed by atoms with E-state index in [9.17, 15) is 9.59 Å². The molecule has 0 aromatic heterocycles. The number of fused-ring (bicyclic) bond motifs is 2. The predicted octanol–water partition coefficient (Wildman–Crippen LogP) is 3.43. The molecule has 2 aromatic carbocycles. The third kappa shape index (κ3) is 31.6. The van der Waals surface area contributed by atoms with Crippen LogP contribution < -0.4 is 27.5 Å². The van der Waals surface area contributed by atoms with E-state index in [-0.39, 0.29) is 0 Å². The van der Waals surface area contributed by atoms with Crippen LogP contribution in [-0.2, 0) is 56.1 Å². The first-order valence-electron chi connectivity index (χ1n) is 20.8. The lowest BCUT2D eigenvalue weighted by Gasteiger charge is -2.32. The highest BCUT2D eigenvalue weighted by Gasteiger charge is 2.23. The van der Waals surface area contributed by atoms with Crippen molar-refractivity contribution >= 4 is 48.2 Å². The summed E-state index contributed by atoms with van der Waals surface area (Å²) in [7, 11) is 5.00. The van der Waals surface area contributed by atoms with Crippen LogP contribution >= 0.6 is 6.72 Å². The average molecular weight is 905 g/mol. The summed E-state index contributed by atoms with van der Waals surface area (Å²) in [5.74, 6) is 6.56. The van der Waals surface area contributed by atoms with Crippen LogP contribution in [0.4, 0.5) is 5.69 Å². The summed E-state index contributed by atoms with van der Waals surface area (Å²) in [6.07, 6.45) is 6.34. The van der Waals surface area contributed by atoms with Crippen LogP contribution in [-0.4, -0.2) is 146 Å². The molecular formula is C42H77N6O11PS. The lowest BCUT2D eigenvalue weighted by atomic mass is 9.96. The number of hydrazine groups is 1. The summed E-state index contributed by atoms with van der Waals surface area (Å²) >= 11 is 4.29. The fraction of sp³-hybridized carbons (Fsp3) is 0.619. The molecule has 0 amide bonds. The molecule has 0 spiro atoms. The number of carbonyl (C=O) groups excluding carboxylic acids is 2. The van der Waals surface area contributed by atoms with Crippen LogP contribution in [0.2, 0.25) is 0 Å². The highest BCUT2D eigenvalue weighted by Crippen LogP contribution is 2.37. The van der Waals surface area contributed by atoms with Crippen molar-refractivity contribution in [3.8, 4) is 0 Å². The van der Waals surface area contributed by atoms with Gasteiger partial charge in [0.1, 0.15) is 12.6 Å². The molecule has 0 atom stereocenters. The average Bonchev–Trinajstić information content (AvgIpc) is 3.27. The van der Waals surface area contributed by atoms with Gasteiger partial charge in [-0.3, -0.25) is 0 Å². The van der Waals surface area contributed by atoms with Crippen LogP contribution in [0.25, 0.3) is 11.4 Å². The van der Waals surface area contributed by atoms with Crippen LogP contribution in [0.1, 0.15) is 69.1 Å². The van der Waals surface area contributed by atoms with Gasteiger partial charge in [-0.25, -0.2) is 5.84 Å². The predicted molar refractivity (Wildman–Crippen MR) is 248 cm³/mol. The fourth-order valence-electron chi connectivity index (χ4n) is 5.26. The molecule has 2 aromatic rings. The van der Waals surface area contributed by atoms with Crippen molar-refractivity contribution in [2.24, 2.45) is 17.3 Å². The molecule has 0 radical (unpaired) electrons. The summed E-state index contributed by atoms with van der Waals surface area (Å²) in [6, 6.07) is 16.4. The Morgan fingerprint density at radius 1 is 0.754 bits per heavy atom. The molecular weight excluding hydrogens is 828 g/mol. The van der Waals surface area contributed by atoms with Gasteiger partial charge in [0.25, 0.3) is 0 Å². The molecule has 0 saturated carbocycles. The van der Waals surface area contributed by atoms with Gasteiger partial charge in [0.05, 0.1) is 90.6 Å². The van der Waals surface area contributed by atoms with E-state index in [4.69, 9.17) is 55.9 Å². The van der Waals surface area contributed by atoms with E-state index in [1.54, 1.807) is 5.01 Å². The zero-order valence-corrected chi connectivity index (χ0v) is 38.9. The second kappa shape index (κ2) is 42.4. The Bertz CT molecular complexity index is 1420. The Balaban J connectivity index is 0. The molecule has 61 heavy (non-hydrogen) atoms. The number of unbranched alkanes of at least 4 members (excludes halogenated alkanes) is 4. The highest BCUT2D eigenvalue weighted by molar-refractivity contribution is 8.06. The Morgan fingerprint density at radius 3 is 1.74 bits per heavy atom. The number of nitrogens with zero attached hydrogens (tertiary/aromatic N) is 2. The summed E-state index contributed by atoms with van der Waals surface area (Å²) in [6.45, 7) is 8.84. The number of aliphatic hydroxyl groups is 1. The maximum absolute atomic E-state index is 9.40. The first-order valence-corrected chi connectivity index (χ1v) is 23.4. The van der Waals surface area contributed by atoms with Crippen molar-refractivity contribution in [3.05, 3.63) is 65.2 Å². The molecule has 19 heteroatoms. The van der Waals surface area contributed by atoms with E-state index < -0.39 is 6.72 Å². The molecule has 10 N–H and O–H groups in total. The van der Waals surface area contributed by atoms with E-state index in [0.29, 0.717) is 104 Å². The van der Waals surface area contributed by atoms with Crippen LogP contribution in [0, 0.1) is 0 Å². The molecule has 352 valence electrons. The van der Waals surface area contributed by atoms with Crippen LogP contribution in [0.5, 0.6) is 0 Å². The number of aliphatic hydroxyl groups excluding tert-OH is 1. The topological polar surface area (TPSA) is 247 Å². The Labute approximate surface area is 370 Å². The highest BCUT2D eigenvalue weighted by atomic mass is 32.5. The number of hydrogen-bond donors (Lipinski definition) is 7. The van der Waals surface area contributed by atoms with Gasteiger partial charge in [-0.05, 0) is 49.9 Å². The number of anilines is 1. The minimum atomic E-state index is -3.41. The van der Waals surface area contributed by atoms with Crippen molar-refractivity contribution < 1.29 is 52.7 Å². The monoisotopic (exact) mass is 905 g/mol. The number of ether oxygens (including phenoxy) is 5. The molecule has 3 rings (SSSR count). The Morgan fingerprint density at radius 2 is 1.23 bits per heavy atom. The van der Waals surface area contributed by atoms with Crippen molar-refractivity contribution in [2.75, 3.05) is 118 Å². The molecule has 0 unspecified atom stereocenters. The fourth-order valence-corrected chi connectivity index (χ4v) is 5.85. The van der Waals surface area contributed by atoms with Crippen LogP contribution in [0.3, 0.4) is 0 Å². The maximum atomic E-state index is 9.40. The standard InChI is InChI=1S/C28H43N5O5.C7H18NO3PS.C4H6O2.C2H6.CH4O/c1-32-22-23-6-2-3-7-24(23)28(27(30)25-8-4-5-9-26(25)32)33(31)11-13-35-15-17-37-19-21-38-20-18-36-16-14-34-12-10-29;1-8-6-4-2-3-5-7-11-12(9,10)13;5-3-1-2-4-6;2*1-2/h2-9H,10-22,29-31H2,1H3;8H,2-7H2,1H3,(H2,9,10,13);3-4H,1-2H2;1-2H3;2H,1H3/b28-27-;;;;. The zero-order chi connectivity index (χ0) is 46.0. The molecule has 1 heterocycles. The lowest BCUT2D eigenvalue weighted by molar-refractivity contribution is -0.112. The van der Waals surface area contributed by atoms with E-state index in [2.05, 4.69) is 51.8 Å². The number of rotatable bonds is 29. The Hall–Kier alpha value is -2.91. The second-order valence-electron chi connectivity index (χ2n) is 12.6. The largest absolute Gasteiger partial charge is 0.400 e. The third-order valence-electron chi connectivity index (χ3n) is 8.04. The van der Waals surface area contributed by atoms with Crippen molar-refractivity contribution in [3.63, 3.8) is 0 Å². The van der Waals surface area contributed by atoms with Gasteiger partial charge in [0, 0.05) is 56.9 Å². The quantitative estimate of drug-likeness (QED) is 0.0203. The van der Waals surface area contributed by atoms with E-state index >= 15 is 0 Å². The van der Waals surface area contributed by atoms with Crippen molar-refractivity contribution in [1.29, 1.82) is 0 Å². The van der Waals surface area contributed by atoms with E-state index in [0.717, 1.165) is 86.5 Å². The normalized spacial score (nSPS) is 12.9. The molecule has 1 aliphatic heterocycles. The summed E-state index contributed by atoms with van der Waals surface area (Å²) in [4.78, 5) is 38.4. The minimum Gasteiger partial charge on any atom is -0.400 e. The van der Waals surface area contributed by atoms with Crippen molar-refractivity contribution in [1.82, 2.24) is 10.3 Å². The minimum absolute atomic E-state index is 0.351.